The van der Waals surface area contributed by atoms with Crippen molar-refractivity contribution in [2.45, 2.75) is 210 Å². The summed E-state index contributed by atoms with van der Waals surface area (Å²) in [5.74, 6) is -0.740. The van der Waals surface area contributed by atoms with Crippen LogP contribution in [-0.4, -0.2) is 11.1 Å². The summed E-state index contributed by atoms with van der Waals surface area (Å²) in [6.45, 7) is 22.0. The van der Waals surface area contributed by atoms with E-state index >= 15 is 0 Å². The lowest BCUT2D eigenvalue weighted by Crippen LogP contribution is -2.12. The lowest BCUT2D eigenvalue weighted by molar-refractivity contribution is -0.142. The Labute approximate surface area is 232 Å². The molecule has 2 heteroatoms. The van der Waals surface area contributed by atoms with Gasteiger partial charge in [-0.25, -0.2) is 0 Å². The maximum absolute atomic E-state index is 10.6. The van der Waals surface area contributed by atoms with Gasteiger partial charge in [-0.3, -0.25) is 4.79 Å². The van der Waals surface area contributed by atoms with Crippen molar-refractivity contribution in [3.8, 4) is 0 Å². The van der Waals surface area contributed by atoms with Crippen LogP contribution < -0.4 is 0 Å². The zero-order chi connectivity index (χ0) is 28.7. The zero-order valence-corrected chi connectivity index (χ0v) is 27.5. The SMILES string of the molecule is CCCCCC.CCCCCC.CCCCCC.CCCCCC.CCCCCCC(CC)C(=O)O. The fourth-order valence-corrected chi connectivity index (χ4v) is 3.32. The van der Waals surface area contributed by atoms with Gasteiger partial charge in [0.1, 0.15) is 0 Å². The van der Waals surface area contributed by atoms with Crippen molar-refractivity contribution in [3.05, 3.63) is 0 Å². The summed E-state index contributed by atoms with van der Waals surface area (Å²) in [5, 5.41) is 8.73. The molecule has 1 unspecified atom stereocenters. The Kier molecular flexibility index (Phi) is 64.5. The Hall–Kier alpha value is -0.530. The van der Waals surface area contributed by atoms with Crippen LogP contribution in [0.3, 0.4) is 0 Å². The summed E-state index contributed by atoms with van der Waals surface area (Å²) in [7, 11) is 0. The van der Waals surface area contributed by atoms with Crippen molar-refractivity contribution in [3.63, 3.8) is 0 Å². The normalized spacial score (nSPS) is 10.3. The molecule has 0 aromatic heterocycles. The van der Waals surface area contributed by atoms with Gasteiger partial charge >= 0.3 is 5.97 Å². The Balaban J connectivity index is -0.000000116. The predicted octanol–water partition coefficient (Wildman–Crippen LogP) is 13.4. The molecule has 0 fully saturated rings. The molecule has 0 aliphatic rings. The molecule has 0 aliphatic carbocycles. The summed E-state index contributed by atoms with van der Waals surface area (Å²) in [5.41, 5.74) is 0. The van der Waals surface area contributed by atoms with E-state index < -0.39 is 5.97 Å². The van der Waals surface area contributed by atoms with Crippen molar-refractivity contribution < 1.29 is 9.90 Å². The van der Waals surface area contributed by atoms with Crippen LogP contribution in [0, 0.1) is 5.92 Å². The Morgan fingerprint density at radius 1 is 0.417 bits per heavy atom. The van der Waals surface area contributed by atoms with Crippen LogP contribution in [0.5, 0.6) is 0 Å². The molecule has 0 aromatic carbocycles. The molecule has 1 N–H and O–H groups in total. The van der Waals surface area contributed by atoms with E-state index in [1.807, 2.05) is 6.92 Å². The van der Waals surface area contributed by atoms with Gasteiger partial charge in [-0.15, -0.1) is 0 Å². The lowest BCUT2D eigenvalue weighted by Gasteiger charge is -2.08. The van der Waals surface area contributed by atoms with Crippen LogP contribution in [0.15, 0.2) is 0 Å². The second kappa shape index (κ2) is 51.2. The average molecular weight is 517 g/mol. The van der Waals surface area contributed by atoms with E-state index in [1.165, 1.54) is 122 Å². The number of carbonyl (C=O) groups is 1. The highest BCUT2D eigenvalue weighted by Crippen LogP contribution is 2.14. The van der Waals surface area contributed by atoms with E-state index in [2.05, 4.69) is 62.3 Å². The van der Waals surface area contributed by atoms with Crippen molar-refractivity contribution in [2.24, 2.45) is 5.92 Å². The summed E-state index contributed by atoms with van der Waals surface area (Å²) < 4.78 is 0. The highest BCUT2D eigenvalue weighted by molar-refractivity contribution is 5.69. The summed E-state index contributed by atoms with van der Waals surface area (Å²) >= 11 is 0. The largest absolute Gasteiger partial charge is 0.481 e. The van der Waals surface area contributed by atoms with Gasteiger partial charge in [-0.1, -0.05) is 198 Å². The van der Waals surface area contributed by atoms with Crippen LogP contribution in [0.25, 0.3) is 0 Å². The lowest BCUT2D eigenvalue weighted by atomic mass is 9.99. The molecule has 0 radical (unpaired) electrons. The standard InChI is InChI=1S/C10H20O2.4C6H14/c1-3-5-6-7-8-9(4-2)10(11)12;4*1-3-5-6-4-2/h9H,3-8H2,1-2H3,(H,11,12);4*3-6H2,1-2H3. The van der Waals surface area contributed by atoms with Gasteiger partial charge in [0, 0.05) is 0 Å². The number of hydrogen-bond acceptors (Lipinski definition) is 1. The molecular formula is C34H76O2. The topological polar surface area (TPSA) is 37.3 Å². The maximum atomic E-state index is 10.6. The number of unbranched alkanes of at least 4 members (excludes halogenated alkanes) is 15. The molecule has 0 spiro atoms. The van der Waals surface area contributed by atoms with E-state index in [0.29, 0.717) is 0 Å². The minimum atomic E-state index is -0.631. The molecule has 224 valence electrons. The van der Waals surface area contributed by atoms with Crippen LogP contribution >= 0.6 is 0 Å². The Morgan fingerprint density at radius 2 is 0.639 bits per heavy atom. The Bertz CT molecular complexity index is 266. The first-order chi connectivity index (χ1) is 17.4. The molecule has 0 aliphatic heterocycles. The number of aliphatic carboxylic acids is 1. The minimum absolute atomic E-state index is 0.109. The zero-order valence-electron chi connectivity index (χ0n) is 27.5. The number of carboxylic acid groups (broad SMARTS) is 1. The smallest absolute Gasteiger partial charge is 0.306 e. The van der Waals surface area contributed by atoms with Crippen LogP contribution in [0.2, 0.25) is 0 Å². The molecular weight excluding hydrogens is 440 g/mol. The second-order valence-electron chi connectivity index (χ2n) is 10.1. The minimum Gasteiger partial charge on any atom is -0.481 e. The fraction of sp³-hybridized carbons (Fsp3) is 0.971. The van der Waals surface area contributed by atoms with E-state index in [9.17, 15) is 4.79 Å². The van der Waals surface area contributed by atoms with Gasteiger partial charge in [0.05, 0.1) is 5.92 Å². The van der Waals surface area contributed by atoms with Gasteiger partial charge in [0.2, 0.25) is 0 Å². The maximum Gasteiger partial charge on any atom is 0.306 e. The van der Waals surface area contributed by atoms with E-state index in [0.717, 1.165) is 19.3 Å². The van der Waals surface area contributed by atoms with Gasteiger partial charge in [0.15, 0.2) is 0 Å². The van der Waals surface area contributed by atoms with E-state index in [1.54, 1.807) is 0 Å². The molecule has 0 rings (SSSR count). The average Bonchev–Trinajstić information content (AvgIpc) is 2.89. The van der Waals surface area contributed by atoms with Gasteiger partial charge in [-0.05, 0) is 12.8 Å². The first-order valence-corrected chi connectivity index (χ1v) is 16.6. The van der Waals surface area contributed by atoms with Crippen molar-refractivity contribution in [1.29, 1.82) is 0 Å². The predicted molar refractivity (Wildman–Crippen MR) is 169 cm³/mol. The van der Waals surface area contributed by atoms with Crippen LogP contribution in [-0.2, 0) is 4.79 Å². The van der Waals surface area contributed by atoms with Crippen molar-refractivity contribution >= 4 is 5.97 Å². The molecule has 0 heterocycles. The van der Waals surface area contributed by atoms with Crippen LogP contribution in [0.1, 0.15) is 210 Å². The molecule has 0 saturated heterocycles. The van der Waals surface area contributed by atoms with E-state index in [-0.39, 0.29) is 5.92 Å². The summed E-state index contributed by atoms with van der Waals surface area (Å²) in [6.07, 6.45) is 28.5. The highest BCUT2D eigenvalue weighted by atomic mass is 16.4. The quantitative estimate of drug-likeness (QED) is 0.173. The molecule has 0 aromatic rings. The highest BCUT2D eigenvalue weighted by Gasteiger charge is 2.13. The number of rotatable bonds is 19. The van der Waals surface area contributed by atoms with Gasteiger partial charge in [0.25, 0.3) is 0 Å². The van der Waals surface area contributed by atoms with E-state index in [4.69, 9.17) is 5.11 Å². The van der Waals surface area contributed by atoms with Crippen LogP contribution in [0.4, 0.5) is 0 Å². The second-order valence-corrected chi connectivity index (χ2v) is 10.1. The molecule has 36 heavy (non-hydrogen) atoms. The van der Waals surface area contributed by atoms with Crippen molar-refractivity contribution in [1.82, 2.24) is 0 Å². The number of carboxylic acids is 1. The first kappa shape index (κ1) is 45.4. The van der Waals surface area contributed by atoms with Gasteiger partial charge in [-0.2, -0.15) is 0 Å². The molecule has 2 nitrogen and oxygen atoms in total. The third kappa shape index (κ3) is 64.1. The third-order valence-electron chi connectivity index (χ3n) is 6.08. The number of hydrogen-bond donors (Lipinski definition) is 1. The molecule has 0 saturated carbocycles. The first-order valence-electron chi connectivity index (χ1n) is 16.6. The summed E-state index contributed by atoms with van der Waals surface area (Å²) in [4.78, 5) is 10.6. The van der Waals surface area contributed by atoms with Gasteiger partial charge < -0.3 is 5.11 Å². The fourth-order valence-electron chi connectivity index (χ4n) is 3.32. The Morgan fingerprint density at radius 3 is 0.806 bits per heavy atom. The van der Waals surface area contributed by atoms with Crippen molar-refractivity contribution in [2.75, 3.05) is 0 Å². The molecule has 1 atom stereocenters. The summed E-state index contributed by atoms with van der Waals surface area (Å²) in [6, 6.07) is 0. The third-order valence-corrected chi connectivity index (χ3v) is 6.08. The monoisotopic (exact) mass is 517 g/mol. The molecule has 0 amide bonds. The molecule has 0 bridgehead atoms.